The van der Waals surface area contributed by atoms with Crippen molar-refractivity contribution in [3.8, 4) is 0 Å². The Hall–Kier alpha value is -1.66. The predicted molar refractivity (Wildman–Crippen MR) is 82.2 cm³/mol. The molecule has 2 fully saturated rings. The lowest BCUT2D eigenvalue weighted by atomic mass is 10.2. The smallest absolute Gasteiger partial charge is 0.239 e. The van der Waals surface area contributed by atoms with E-state index in [1.807, 2.05) is 4.90 Å². The summed E-state index contributed by atoms with van der Waals surface area (Å²) in [6.07, 6.45) is 0.965. The molecule has 2 atom stereocenters. The van der Waals surface area contributed by atoms with E-state index in [2.05, 4.69) is 10.2 Å². The quantitative estimate of drug-likeness (QED) is 0.839. The molecular formula is C16H22FN3O2. The summed E-state index contributed by atoms with van der Waals surface area (Å²) in [6, 6.07) is 6.23. The van der Waals surface area contributed by atoms with Gasteiger partial charge in [-0.05, 0) is 37.1 Å². The van der Waals surface area contributed by atoms with E-state index in [9.17, 15) is 14.3 Å². The summed E-state index contributed by atoms with van der Waals surface area (Å²) in [5, 5.41) is 12.6. The molecule has 0 aromatic heterocycles. The summed E-state index contributed by atoms with van der Waals surface area (Å²) < 4.78 is 13.0. The van der Waals surface area contributed by atoms with E-state index in [1.165, 1.54) is 12.1 Å². The molecule has 2 saturated heterocycles. The number of anilines is 1. The molecule has 2 heterocycles. The zero-order valence-corrected chi connectivity index (χ0v) is 12.5. The number of hydrogen-bond acceptors (Lipinski definition) is 4. The van der Waals surface area contributed by atoms with Crippen molar-refractivity contribution in [3.05, 3.63) is 30.1 Å². The van der Waals surface area contributed by atoms with Gasteiger partial charge >= 0.3 is 0 Å². The standard InChI is InChI=1S/C16H22FN3O2/c17-12-2-4-13(5-3-12)19-6-1-7-20(9-8-19)16(22)15-10-14(21)11-18-15/h2-5,14-15,18,21H,1,6-11H2/t14-,15+/m1/s1. The predicted octanol–water partition coefficient (Wildman–Crippen LogP) is 0.587. The zero-order chi connectivity index (χ0) is 15.5. The van der Waals surface area contributed by atoms with Crippen molar-refractivity contribution >= 4 is 11.6 Å². The van der Waals surface area contributed by atoms with Crippen molar-refractivity contribution in [2.45, 2.75) is 25.0 Å². The molecule has 2 aliphatic heterocycles. The summed E-state index contributed by atoms with van der Waals surface area (Å²) in [6.45, 7) is 3.48. The Morgan fingerprint density at radius 1 is 1.18 bits per heavy atom. The van der Waals surface area contributed by atoms with Crippen molar-refractivity contribution < 1.29 is 14.3 Å². The van der Waals surface area contributed by atoms with Crippen molar-refractivity contribution in [3.63, 3.8) is 0 Å². The number of aliphatic hydroxyl groups excluding tert-OH is 1. The molecule has 3 rings (SSSR count). The lowest BCUT2D eigenvalue weighted by Gasteiger charge is -2.25. The Morgan fingerprint density at radius 3 is 2.64 bits per heavy atom. The van der Waals surface area contributed by atoms with Gasteiger partial charge in [0.15, 0.2) is 0 Å². The summed E-state index contributed by atoms with van der Waals surface area (Å²) >= 11 is 0. The molecule has 0 spiro atoms. The molecule has 0 saturated carbocycles. The minimum Gasteiger partial charge on any atom is -0.392 e. The molecule has 120 valence electrons. The highest BCUT2D eigenvalue weighted by molar-refractivity contribution is 5.82. The lowest BCUT2D eigenvalue weighted by molar-refractivity contribution is -0.133. The molecule has 6 heteroatoms. The van der Waals surface area contributed by atoms with Crippen LogP contribution in [-0.4, -0.2) is 60.8 Å². The van der Waals surface area contributed by atoms with Crippen LogP contribution < -0.4 is 10.2 Å². The highest BCUT2D eigenvalue weighted by atomic mass is 19.1. The van der Waals surface area contributed by atoms with Gasteiger partial charge in [-0.25, -0.2) is 4.39 Å². The van der Waals surface area contributed by atoms with Crippen molar-refractivity contribution in [1.82, 2.24) is 10.2 Å². The van der Waals surface area contributed by atoms with E-state index in [1.54, 1.807) is 12.1 Å². The minimum absolute atomic E-state index is 0.0810. The number of carbonyl (C=O) groups excluding carboxylic acids is 1. The van der Waals surface area contributed by atoms with E-state index >= 15 is 0 Å². The maximum atomic E-state index is 13.0. The maximum absolute atomic E-state index is 13.0. The second-order valence-electron chi connectivity index (χ2n) is 5.99. The Morgan fingerprint density at radius 2 is 1.95 bits per heavy atom. The number of benzene rings is 1. The first kappa shape index (κ1) is 15.2. The third kappa shape index (κ3) is 3.39. The topological polar surface area (TPSA) is 55.8 Å². The second-order valence-corrected chi connectivity index (χ2v) is 5.99. The average Bonchev–Trinajstić information content (AvgIpc) is 2.81. The Bertz CT molecular complexity index is 523. The van der Waals surface area contributed by atoms with Gasteiger partial charge in [0.2, 0.25) is 5.91 Å². The van der Waals surface area contributed by atoms with Crippen molar-refractivity contribution in [1.29, 1.82) is 0 Å². The van der Waals surface area contributed by atoms with E-state index < -0.39 is 6.10 Å². The number of rotatable bonds is 2. The van der Waals surface area contributed by atoms with E-state index in [0.717, 1.165) is 31.7 Å². The van der Waals surface area contributed by atoms with Gasteiger partial charge in [-0.2, -0.15) is 0 Å². The van der Waals surface area contributed by atoms with Crippen LogP contribution >= 0.6 is 0 Å². The number of nitrogens with one attached hydrogen (secondary N) is 1. The fraction of sp³-hybridized carbons (Fsp3) is 0.562. The summed E-state index contributed by atoms with van der Waals surface area (Å²) in [5.41, 5.74) is 0.991. The van der Waals surface area contributed by atoms with Crippen LogP contribution in [0.1, 0.15) is 12.8 Å². The van der Waals surface area contributed by atoms with E-state index in [4.69, 9.17) is 0 Å². The molecule has 0 radical (unpaired) electrons. The van der Waals surface area contributed by atoms with Gasteiger partial charge in [-0.1, -0.05) is 0 Å². The van der Waals surface area contributed by atoms with E-state index in [-0.39, 0.29) is 17.8 Å². The van der Waals surface area contributed by atoms with Gasteiger partial charge in [0.1, 0.15) is 5.82 Å². The molecule has 0 unspecified atom stereocenters. The van der Waals surface area contributed by atoms with Crippen molar-refractivity contribution in [2.75, 3.05) is 37.6 Å². The monoisotopic (exact) mass is 307 g/mol. The molecule has 1 aromatic carbocycles. The molecule has 0 bridgehead atoms. The molecule has 5 nitrogen and oxygen atoms in total. The van der Waals surface area contributed by atoms with Crippen LogP contribution in [0.4, 0.5) is 10.1 Å². The number of halogens is 1. The molecular weight excluding hydrogens is 285 g/mol. The van der Waals surface area contributed by atoms with Crippen LogP contribution in [0.3, 0.4) is 0 Å². The molecule has 1 amide bonds. The maximum Gasteiger partial charge on any atom is 0.239 e. The number of carbonyl (C=O) groups is 1. The fourth-order valence-corrected chi connectivity index (χ4v) is 3.17. The molecule has 22 heavy (non-hydrogen) atoms. The largest absolute Gasteiger partial charge is 0.392 e. The lowest BCUT2D eigenvalue weighted by Crippen LogP contribution is -2.45. The Balaban J connectivity index is 1.60. The Labute approximate surface area is 129 Å². The molecule has 2 aliphatic rings. The number of amides is 1. The average molecular weight is 307 g/mol. The minimum atomic E-state index is -0.420. The summed E-state index contributed by atoms with van der Waals surface area (Å²) in [4.78, 5) is 16.5. The Kier molecular flexibility index (Phi) is 4.59. The normalized spacial score (nSPS) is 26.1. The summed E-state index contributed by atoms with van der Waals surface area (Å²) in [7, 11) is 0. The van der Waals surface area contributed by atoms with Crippen molar-refractivity contribution in [2.24, 2.45) is 0 Å². The third-order valence-electron chi connectivity index (χ3n) is 4.41. The van der Waals surface area contributed by atoms with Crippen LogP contribution in [0.15, 0.2) is 24.3 Å². The number of β-amino-alcohol motifs (C(OH)–C–C–N with tert-alkyl or cyclic N) is 1. The molecule has 1 aromatic rings. The number of aliphatic hydroxyl groups is 1. The third-order valence-corrected chi connectivity index (χ3v) is 4.41. The van der Waals surface area contributed by atoms with E-state index in [0.29, 0.717) is 19.5 Å². The first-order chi connectivity index (χ1) is 10.6. The summed E-state index contributed by atoms with van der Waals surface area (Å²) in [5.74, 6) is -0.154. The van der Waals surface area contributed by atoms with Crippen LogP contribution in [0.25, 0.3) is 0 Å². The number of nitrogens with zero attached hydrogens (tertiary/aromatic N) is 2. The highest BCUT2D eigenvalue weighted by Gasteiger charge is 2.32. The molecule has 0 aliphatic carbocycles. The first-order valence-corrected chi connectivity index (χ1v) is 7.84. The first-order valence-electron chi connectivity index (χ1n) is 7.84. The van der Waals surface area contributed by atoms with Crippen LogP contribution in [0.5, 0.6) is 0 Å². The SMILES string of the molecule is O=C([C@@H]1C[C@@H](O)CN1)N1CCCN(c2ccc(F)cc2)CC1. The zero-order valence-electron chi connectivity index (χ0n) is 12.5. The van der Waals surface area contributed by atoms with Gasteiger partial charge in [0.25, 0.3) is 0 Å². The van der Waals surface area contributed by atoms with Crippen LogP contribution in [0, 0.1) is 5.82 Å². The van der Waals surface area contributed by atoms with Gasteiger partial charge in [0.05, 0.1) is 12.1 Å². The van der Waals surface area contributed by atoms with Gasteiger partial charge in [-0.15, -0.1) is 0 Å². The van der Waals surface area contributed by atoms with Crippen LogP contribution in [-0.2, 0) is 4.79 Å². The molecule has 2 N–H and O–H groups in total. The second kappa shape index (κ2) is 6.62. The van der Waals surface area contributed by atoms with Gasteiger partial charge in [0, 0.05) is 38.4 Å². The highest BCUT2D eigenvalue weighted by Crippen LogP contribution is 2.18. The number of hydrogen-bond donors (Lipinski definition) is 2. The van der Waals surface area contributed by atoms with Gasteiger partial charge in [-0.3, -0.25) is 4.79 Å². The van der Waals surface area contributed by atoms with Crippen LogP contribution in [0.2, 0.25) is 0 Å². The fourth-order valence-electron chi connectivity index (χ4n) is 3.17. The van der Waals surface area contributed by atoms with Gasteiger partial charge < -0.3 is 20.2 Å².